The molecular weight excluding hydrogens is 354 g/mol. The van der Waals surface area contributed by atoms with Gasteiger partial charge >= 0.3 is 0 Å². The van der Waals surface area contributed by atoms with Gasteiger partial charge in [0, 0.05) is 25.7 Å². The molecule has 144 valence electrons. The molecule has 3 heterocycles. The first-order valence-corrected chi connectivity index (χ1v) is 9.67. The third-order valence-electron chi connectivity index (χ3n) is 5.61. The molecule has 2 aliphatic rings. The molecule has 1 amide bonds. The molecule has 28 heavy (non-hydrogen) atoms. The number of pyridine rings is 1. The number of aromatic nitrogens is 1. The number of amides is 1. The lowest BCUT2D eigenvalue weighted by Gasteiger charge is -2.37. The van der Waals surface area contributed by atoms with Crippen molar-refractivity contribution in [3.63, 3.8) is 0 Å². The fourth-order valence-corrected chi connectivity index (χ4v) is 3.90. The first-order chi connectivity index (χ1) is 13.7. The molecule has 1 aromatic heterocycles. The van der Waals surface area contributed by atoms with Crippen molar-refractivity contribution in [1.82, 2.24) is 9.88 Å². The van der Waals surface area contributed by atoms with Gasteiger partial charge in [-0.3, -0.25) is 4.79 Å². The molecule has 6 heteroatoms. The van der Waals surface area contributed by atoms with Gasteiger partial charge in [-0.15, -0.1) is 0 Å². The fraction of sp³-hybridized carbons (Fsp3) is 0.409. The number of nitrogens with zero attached hydrogens (tertiary/aromatic N) is 3. The summed E-state index contributed by atoms with van der Waals surface area (Å²) in [6.45, 7) is 2.25. The number of carbonyl (C=O) groups is 1. The third kappa shape index (κ3) is 3.58. The number of likely N-dealkylation sites (tertiary alicyclic amines) is 1. The van der Waals surface area contributed by atoms with E-state index in [1.807, 2.05) is 30.3 Å². The van der Waals surface area contributed by atoms with E-state index in [0.29, 0.717) is 50.6 Å². The number of ether oxygens (including phenoxy) is 2. The molecule has 1 aromatic carbocycles. The fourth-order valence-electron chi connectivity index (χ4n) is 3.90. The van der Waals surface area contributed by atoms with Crippen LogP contribution in [0.5, 0.6) is 5.88 Å². The Bertz CT molecular complexity index is 864. The van der Waals surface area contributed by atoms with Crippen molar-refractivity contribution in [2.75, 3.05) is 26.3 Å². The van der Waals surface area contributed by atoms with Crippen LogP contribution in [0, 0.1) is 11.3 Å². The van der Waals surface area contributed by atoms with E-state index in [1.165, 1.54) is 0 Å². The summed E-state index contributed by atoms with van der Waals surface area (Å²) in [7, 11) is 0. The molecule has 1 unspecified atom stereocenters. The predicted octanol–water partition coefficient (Wildman–Crippen LogP) is 2.95. The zero-order valence-electron chi connectivity index (χ0n) is 15.7. The lowest BCUT2D eigenvalue weighted by atomic mass is 9.74. The van der Waals surface area contributed by atoms with Gasteiger partial charge < -0.3 is 14.4 Å². The van der Waals surface area contributed by atoms with Crippen LogP contribution in [-0.2, 0) is 10.2 Å². The summed E-state index contributed by atoms with van der Waals surface area (Å²) in [5.74, 6) is 0.268. The van der Waals surface area contributed by atoms with Gasteiger partial charge in [-0.25, -0.2) is 4.98 Å². The second-order valence-corrected chi connectivity index (χ2v) is 7.31. The summed E-state index contributed by atoms with van der Waals surface area (Å²) in [5, 5.41) is 9.85. The average Bonchev–Trinajstić information content (AvgIpc) is 3.27. The van der Waals surface area contributed by atoms with Gasteiger partial charge in [0.2, 0.25) is 5.88 Å². The number of carbonyl (C=O) groups excluding carboxylic acids is 1. The molecule has 2 saturated heterocycles. The maximum atomic E-state index is 13.1. The topological polar surface area (TPSA) is 75.5 Å². The van der Waals surface area contributed by atoms with Crippen molar-refractivity contribution >= 4 is 5.91 Å². The highest BCUT2D eigenvalue weighted by Crippen LogP contribution is 2.35. The third-order valence-corrected chi connectivity index (χ3v) is 5.61. The Morgan fingerprint density at radius 2 is 2.00 bits per heavy atom. The van der Waals surface area contributed by atoms with Crippen LogP contribution in [0.15, 0.2) is 48.7 Å². The van der Waals surface area contributed by atoms with Crippen LogP contribution in [0.1, 0.15) is 35.2 Å². The monoisotopic (exact) mass is 377 g/mol. The molecular formula is C22H23N3O3. The highest BCUT2D eigenvalue weighted by molar-refractivity contribution is 5.96. The van der Waals surface area contributed by atoms with Gasteiger partial charge in [0.1, 0.15) is 11.7 Å². The molecule has 0 aliphatic carbocycles. The molecule has 0 radical (unpaired) electrons. The highest BCUT2D eigenvalue weighted by atomic mass is 16.5. The molecule has 2 aliphatic heterocycles. The second-order valence-electron chi connectivity index (χ2n) is 7.31. The molecule has 0 bridgehead atoms. The van der Waals surface area contributed by atoms with Crippen LogP contribution in [0.4, 0.5) is 0 Å². The number of rotatable bonds is 4. The van der Waals surface area contributed by atoms with E-state index < -0.39 is 5.41 Å². The summed E-state index contributed by atoms with van der Waals surface area (Å²) < 4.78 is 11.3. The van der Waals surface area contributed by atoms with E-state index in [2.05, 4.69) is 11.1 Å². The summed E-state index contributed by atoms with van der Waals surface area (Å²) >= 11 is 0. The van der Waals surface area contributed by atoms with Gasteiger partial charge in [-0.05, 0) is 30.5 Å². The number of piperidine rings is 1. The average molecular weight is 377 g/mol. The van der Waals surface area contributed by atoms with Gasteiger partial charge in [-0.1, -0.05) is 30.3 Å². The normalized spacial score (nSPS) is 21.1. The first-order valence-electron chi connectivity index (χ1n) is 9.67. The first kappa shape index (κ1) is 18.5. The standard InChI is InChI=1S/C22H23N3O3/c23-16-22(17-5-2-1-3-6-17)9-12-25(13-10-22)21(26)19-7-4-11-24-20(19)28-18-8-14-27-15-18/h1-7,11,18H,8-10,12-15H2. The van der Waals surface area contributed by atoms with Crippen molar-refractivity contribution in [2.45, 2.75) is 30.8 Å². The minimum absolute atomic E-state index is 0.0628. The van der Waals surface area contributed by atoms with Crippen LogP contribution in [0.25, 0.3) is 0 Å². The predicted molar refractivity (Wildman–Crippen MR) is 103 cm³/mol. The SMILES string of the molecule is N#CC1(c2ccccc2)CCN(C(=O)c2cccnc2OC2CCOC2)CC1. The highest BCUT2D eigenvalue weighted by Gasteiger charge is 2.38. The zero-order valence-corrected chi connectivity index (χ0v) is 15.7. The number of benzene rings is 1. The summed E-state index contributed by atoms with van der Waals surface area (Å²) in [6, 6.07) is 15.9. The maximum Gasteiger partial charge on any atom is 0.259 e. The second kappa shape index (κ2) is 7.99. The Morgan fingerprint density at radius 1 is 1.21 bits per heavy atom. The molecule has 2 fully saturated rings. The number of hydrogen-bond acceptors (Lipinski definition) is 5. The Morgan fingerprint density at radius 3 is 2.68 bits per heavy atom. The molecule has 4 rings (SSSR count). The van der Waals surface area contributed by atoms with Gasteiger partial charge in [0.15, 0.2) is 0 Å². The van der Waals surface area contributed by atoms with Crippen LogP contribution < -0.4 is 4.74 Å². The molecule has 1 atom stereocenters. The Balaban J connectivity index is 1.48. The van der Waals surface area contributed by atoms with Gasteiger partial charge in [-0.2, -0.15) is 5.26 Å². The van der Waals surface area contributed by atoms with Crippen LogP contribution in [0.3, 0.4) is 0 Å². The summed E-state index contributed by atoms with van der Waals surface area (Å²) in [5.41, 5.74) is 0.961. The van der Waals surface area contributed by atoms with Crippen molar-refractivity contribution < 1.29 is 14.3 Å². The Labute approximate surface area is 164 Å². The molecule has 6 nitrogen and oxygen atoms in total. The van der Waals surface area contributed by atoms with E-state index in [4.69, 9.17) is 9.47 Å². The molecule has 0 spiro atoms. The zero-order chi connectivity index (χ0) is 19.4. The molecule has 0 saturated carbocycles. The lowest BCUT2D eigenvalue weighted by Crippen LogP contribution is -2.44. The largest absolute Gasteiger partial charge is 0.471 e. The van der Waals surface area contributed by atoms with Crippen LogP contribution in [0.2, 0.25) is 0 Å². The van der Waals surface area contributed by atoms with Crippen LogP contribution >= 0.6 is 0 Å². The lowest BCUT2D eigenvalue weighted by molar-refractivity contribution is 0.0681. The van der Waals surface area contributed by atoms with E-state index >= 15 is 0 Å². The minimum atomic E-state index is -0.534. The smallest absolute Gasteiger partial charge is 0.259 e. The Hall–Kier alpha value is -2.91. The van der Waals surface area contributed by atoms with E-state index in [-0.39, 0.29) is 12.0 Å². The quantitative estimate of drug-likeness (QED) is 0.819. The summed E-state index contributed by atoms with van der Waals surface area (Å²) in [6.07, 6.45) is 3.61. The Kier molecular flexibility index (Phi) is 5.27. The van der Waals surface area contributed by atoms with Gasteiger partial charge in [0.25, 0.3) is 5.91 Å². The van der Waals surface area contributed by atoms with Crippen molar-refractivity contribution in [3.05, 3.63) is 59.8 Å². The van der Waals surface area contributed by atoms with E-state index in [0.717, 1.165) is 12.0 Å². The molecule has 0 N–H and O–H groups in total. The molecule has 2 aromatic rings. The number of hydrogen-bond donors (Lipinski definition) is 0. The number of nitriles is 1. The minimum Gasteiger partial charge on any atom is -0.471 e. The van der Waals surface area contributed by atoms with Crippen molar-refractivity contribution in [3.8, 4) is 11.9 Å². The van der Waals surface area contributed by atoms with Gasteiger partial charge in [0.05, 0.1) is 24.7 Å². The summed E-state index contributed by atoms with van der Waals surface area (Å²) in [4.78, 5) is 19.2. The van der Waals surface area contributed by atoms with E-state index in [1.54, 1.807) is 23.2 Å². The van der Waals surface area contributed by atoms with Crippen molar-refractivity contribution in [1.29, 1.82) is 5.26 Å². The van der Waals surface area contributed by atoms with E-state index in [9.17, 15) is 10.1 Å². The van der Waals surface area contributed by atoms with Crippen LogP contribution in [-0.4, -0.2) is 48.2 Å². The van der Waals surface area contributed by atoms with Crippen molar-refractivity contribution in [2.24, 2.45) is 0 Å². The maximum absolute atomic E-state index is 13.1.